The van der Waals surface area contributed by atoms with E-state index < -0.39 is 0 Å². The summed E-state index contributed by atoms with van der Waals surface area (Å²) in [6.07, 6.45) is 2.31. The fourth-order valence-electron chi connectivity index (χ4n) is 3.39. The summed E-state index contributed by atoms with van der Waals surface area (Å²) in [4.78, 5) is 26.6. The van der Waals surface area contributed by atoms with Gasteiger partial charge in [-0.25, -0.2) is 0 Å². The molecular formula is C23H25ClN2O2S. The first kappa shape index (κ1) is 21.3. The molecule has 0 saturated heterocycles. The Morgan fingerprint density at radius 2 is 1.76 bits per heavy atom. The number of carbonyl (C=O) groups excluding carboxylic acids is 2. The Labute approximate surface area is 180 Å². The molecule has 0 radical (unpaired) electrons. The van der Waals surface area contributed by atoms with Crippen molar-refractivity contribution in [2.45, 2.75) is 40.0 Å². The minimum atomic E-state index is -0.282. The number of halogens is 1. The fourth-order valence-corrected chi connectivity index (χ4v) is 4.80. The maximum absolute atomic E-state index is 13.4. The van der Waals surface area contributed by atoms with Crippen LogP contribution in [-0.4, -0.2) is 18.4 Å². The second kappa shape index (κ2) is 9.42. The van der Waals surface area contributed by atoms with Crippen LogP contribution in [0.2, 0.25) is 5.02 Å². The number of hydrogen-bond acceptors (Lipinski definition) is 3. The van der Waals surface area contributed by atoms with E-state index in [1.807, 2.05) is 57.2 Å². The Kier molecular flexibility index (Phi) is 6.93. The lowest BCUT2D eigenvalue weighted by atomic mass is 10.0. The first-order valence-corrected chi connectivity index (χ1v) is 11.1. The van der Waals surface area contributed by atoms with Gasteiger partial charge in [-0.2, -0.15) is 0 Å². The molecule has 29 heavy (non-hydrogen) atoms. The zero-order valence-electron chi connectivity index (χ0n) is 16.9. The van der Waals surface area contributed by atoms with Gasteiger partial charge in [0.15, 0.2) is 0 Å². The summed E-state index contributed by atoms with van der Waals surface area (Å²) in [6, 6.07) is 11.4. The van der Waals surface area contributed by atoms with E-state index in [2.05, 4.69) is 10.6 Å². The van der Waals surface area contributed by atoms with Crippen LogP contribution in [0, 0.1) is 0 Å². The number of carbonyl (C=O) groups is 2. The van der Waals surface area contributed by atoms with E-state index >= 15 is 0 Å². The van der Waals surface area contributed by atoms with Gasteiger partial charge in [0.1, 0.15) is 4.88 Å². The van der Waals surface area contributed by atoms with Gasteiger partial charge in [-0.05, 0) is 42.5 Å². The van der Waals surface area contributed by atoms with Crippen molar-refractivity contribution < 1.29 is 9.59 Å². The topological polar surface area (TPSA) is 58.2 Å². The van der Waals surface area contributed by atoms with Gasteiger partial charge in [0.2, 0.25) is 0 Å². The van der Waals surface area contributed by atoms with Crippen LogP contribution in [0.25, 0.3) is 10.1 Å². The predicted octanol–water partition coefficient (Wildman–Crippen LogP) is 6.07. The number of amides is 2. The van der Waals surface area contributed by atoms with E-state index in [1.54, 1.807) is 0 Å². The molecular weight excluding hydrogens is 404 g/mol. The van der Waals surface area contributed by atoms with Gasteiger partial charge < -0.3 is 10.6 Å². The first-order chi connectivity index (χ1) is 14.0. The lowest BCUT2D eigenvalue weighted by Gasteiger charge is -2.16. The summed E-state index contributed by atoms with van der Waals surface area (Å²) in [5.41, 5.74) is 3.11. The fraction of sp³-hybridized carbons (Fsp3) is 0.304. The molecule has 3 rings (SSSR count). The van der Waals surface area contributed by atoms with Gasteiger partial charge in [-0.3, -0.25) is 9.59 Å². The van der Waals surface area contributed by atoms with Gasteiger partial charge in [0.25, 0.3) is 11.8 Å². The Bertz CT molecular complexity index is 1060. The van der Waals surface area contributed by atoms with Crippen molar-refractivity contribution in [2.24, 2.45) is 0 Å². The predicted molar refractivity (Wildman–Crippen MR) is 123 cm³/mol. The normalized spacial score (nSPS) is 10.9. The van der Waals surface area contributed by atoms with Gasteiger partial charge in [0, 0.05) is 27.3 Å². The molecule has 0 atom stereocenters. The van der Waals surface area contributed by atoms with Crippen molar-refractivity contribution in [2.75, 3.05) is 11.9 Å². The molecule has 152 valence electrons. The molecule has 4 nitrogen and oxygen atoms in total. The molecule has 0 bridgehead atoms. The van der Waals surface area contributed by atoms with Crippen LogP contribution in [0.1, 0.15) is 58.3 Å². The summed E-state index contributed by atoms with van der Waals surface area (Å²) in [7, 11) is 0. The van der Waals surface area contributed by atoms with E-state index in [4.69, 9.17) is 11.6 Å². The summed E-state index contributed by atoms with van der Waals surface area (Å²) >= 11 is 7.73. The smallest absolute Gasteiger partial charge is 0.262 e. The van der Waals surface area contributed by atoms with Gasteiger partial charge in [-0.15, -0.1) is 11.3 Å². The monoisotopic (exact) mass is 428 g/mol. The molecule has 1 aromatic heterocycles. The van der Waals surface area contributed by atoms with E-state index in [-0.39, 0.29) is 11.8 Å². The van der Waals surface area contributed by atoms with Gasteiger partial charge in [0.05, 0.1) is 5.56 Å². The lowest BCUT2D eigenvalue weighted by molar-refractivity contribution is 0.0945. The SMILES string of the molecule is CCCNC(=O)c1sc2ccccc2c1C(=O)Nc1c(CC)ccc(Cl)c1CC. The molecule has 2 amide bonds. The highest BCUT2D eigenvalue weighted by Crippen LogP contribution is 2.34. The molecule has 2 N–H and O–H groups in total. The second-order valence-electron chi connectivity index (χ2n) is 6.78. The quantitative estimate of drug-likeness (QED) is 0.479. The van der Waals surface area contributed by atoms with E-state index in [0.29, 0.717) is 28.4 Å². The van der Waals surface area contributed by atoms with E-state index in [1.165, 1.54) is 11.3 Å². The standard InChI is InChI=1S/C23H25ClN2O2S/c1-4-13-25-23(28)21-19(16-9-7-8-10-18(16)29-21)22(27)26-20-14(5-2)11-12-17(24)15(20)6-3/h7-12H,4-6,13H2,1-3H3,(H,25,28)(H,26,27). The molecule has 0 fully saturated rings. The molecule has 0 spiro atoms. The van der Waals surface area contributed by atoms with Crippen LogP contribution < -0.4 is 10.6 Å². The average Bonchev–Trinajstić information content (AvgIpc) is 3.12. The van der Waals surface area contributed by atoms with Crippen molar-refractivity contribution in [1.29, 1.82) is 0 Å². The number of rotatable bonds is 7. The van der Waals surface area contributed by atoms with E-state index in [9.17, 15) is 9.59 Å². The Morgan fingerprint density at radius 3 is 2.45 bits per heavy atom. The highest BCUT2D eigenvalue weighted by atomic mass is 35.5. The number of anilines is 1. The molecule has 1 heterocycles. The summed E-state index contributed by atoms with van der Waals surface area (Å²) in [6.45, 7) is 6.63. The number of aryl methyl sites for hydroxylation is 1. The number of fused-ring (bicyclic) bond motifs is 1. The third-order valence-electron chi connectivity index (χ3n) is 4.88. The average molecular weight is 429 g/mol. The zero-order chi connectivity index (χ0) is 21.0. The minimum Gasteiger partial charge on any atom is -0.351 e. The van der Waals surface area contributed by atoms with Crippen molar-refractivity contribution >= 4 is 50.5 Å². The minimum absolute atomic E-state index is 0.212. The molecule has 6 heteroatoms. The van der Waals surface area contributed by atoms with Crippen LogP contribution in [0.4, 0.5) is 5.69 Å². The Hall–Kier alpha value is -2.37. The summed E-state index contributed by atoms with van der Waals surface area (Å²) in [5, 5.41) is 7.39. The van der Waals surface area contributed by atoms with Crippen molar-refractivity contribution in [3.8, 4) is 0 Å². The van der Waals surface area contributed by atoms with Crippen LogP contribution in [0.15, 0.2) is 36.4 Å². The van der Waals surface area contributed by atoms with Crippen molar-refractivity contribution in [3.63, 3.8) is 0 Å². The van der Waals surface area contributed by atoms with E-state index in [0.717, 1.165) is 39.7 Å². The summed E-state index contributed by atoms with van der Waals surface area (Å²) in [5.74, 6) is -0.494. The first-order valence-electron chi connectivity index (χ1n) is 9.93. The third kappa shape index (κ3) is 4.31. The Morgan fingerprint density at radius 1 is 1.00 bits per heavy atom. The number of nitrogens with one attached hydrogen (secondary N) is 2. The largest absolute Gasteiger partial charge is 0.351 e. The molecule has 0 aliphatic heterocycles. The number of thiophene rings is 1. The van der Waals surface area contributed by atoms with Crippen molar-refractivity contribution in [3.05, 3.63) is 63.0 Å². The number of benzene rings is 2. The van der Waals surface area contributed by atoms with Crippen LogP contribution >= 0.6 is 22.9 Å². The Balaban J connectivity index is 2.08. The van der Waals surface area contributed by atoms with Crippen LogP contribution in [0.3, 0.4) is 0 Å². The van der Waals surface area contributed by atoms with Crippen LogP contribution in [0.5, 0.6) is 0 Å². The number of hydrogen-bond donors (Lipinski definition) is 2. The van der Waals surface area contributed by atoms with Gasteiger partial charge >= 0.3 is 0 Å². The molecule has 3 aromatic rings. The molecule has 0 aliphatic carbocycles. The molecule has 0 unspecified atom stereocenters. The van der Waals surface area contributed by atoms with Crippen molar-refractivity contribution in [1.82, 2.24) is 5.32 Å². The third-order valence-corrected chi connectivity index (χ3v) is 6.40. The highest BCUT2D eigenvalue weighted by Gasteiger charge is 2.25. The van der Waals surface area contributed by atoms with Gasteiger partial charge in [-0.1, -0.05) is 56.6 Å². The maximum atomic E-state index is 13.4. The zero-order valence-corrected chi connectivity index (χ0v) is 18.5. The highest BCUT2D eigenvalue weighted by molar-refractivity contribution is 7.21. The lowest BCUT2D eigenvalue weighted by Crippen LogP contribution is -2.26. The molecule has 0 saturated carbocycles. The maximum Gasteiger partial charge on any atom is 0.262 e. The summed E-state index contributed by atoms with van der Waals surface area (Å²) < 4.78 is 0.914. The molecule has 2 aromatic carbocycles. The molecule has 0 aliphatic rings. The van der Waals surface area contributed by atoms with Crippen LogP contribution in [-0.2, 0) is 12.8 Å². The second-order valence-corrected chi connectivity index (χ2v) is 8.24.